The molecule has 0 aliphatic heterocycles. The highest BCUT2D eigenvalue weighted by atomic mass is 16.2. The van der Waals surface area contributed by atoms with Crippen molar-refractivity contribution in [3.8, 4) is 0 Å². The number of nitrogens with one attached hydrogen (secondary N) is 1. The Bertz CT molecular complexity index is 413. The molecule has 17 heavy (non-hydrogen) atoms. The summed E-state index contributed by atoms with van der Waals surface area (Å²) in [6.45, 7) is 12.2. The van der Waals surface area contributed by atoms with Crippen molar-refractivity contribution in [1.82, 2.24) is 0 Å². The first-order valence-corrected chi connectivity index (χ1v) is 6.14. The summed E-state index contributed by atoms with van der Waals surface area (Å²) in [4.78, 5) is 11.9. The molecular formula is C15H23NO. The molecule has 0 unspecified atom stereocenters. The van der Waals surface area contributed by atoms with Crippen molar-refractivity contribution in [2.45, 2.75) is 47.5 Å². The lowest BCUT2D eigenvalue weighted by Gasteiger charge is -2.18. The predicted octanol–water partition coefficient (Wildman–Crippen LogP) is 4.10. The van der Waals surface area contributed by atoms with Crippen LogP contribution in [0, 0.1) is 12.3 Å². The number of hydrogen-bond acceptors (Lipinski definition) is 1. The molecule has 0 fully saturated rings. The van der Waals surface area contributed by atoms with Gasteiger partial charge in [-0.25, -0.2) is 0 Å². The molecule has 0 heterocycles. The van der Waals surface area contributed by atoms with E-state index >= 15 is 0 Å². The number of carbonyl (C=O) groups is 1. The largest absolute Gasteiger partial charge is 0.326 e. The molecule has 1 aromatic rings. The Labute approximate surface area is 104 Å². The molecule has 0 atom stereocenters. The van der Waals surface area contributed by atoms with E-state index in [-0.39, 0.29) is 11.3 Å². The Balaban J connectivity index is 2.89. The summed E-state index contributed by atoms with van der Waals surface area (Å²) in [6, 6.07) is 6.11. The van der Waals surface area contributed by atoms with E-state index < -0.39 is 0 Å². The third-order valence-electron chi connectivity index (χ3n) is 2.83. The predicted molar refractivity (Wildman–Crippen MR) is 73.4 cm³/mol. The van der Waals surface area contributed by atoms with E-state index in [1.165, 1.54) is 11.1 Å². The van der Waals surface area contributed by atoms with Crippen LogP contribution < -0.4 is 5.32 Å². The van der Waals surface area contributed by atoms with Crippen LogP contribution in [0.25, 0.3) is 0 Å². The van der Waals surface area contributed by atoms with Crippen LogP contribution in [0.1, 0.15) is 51.7 Å². The first-order valence-electron chi connectivity index (χ1n) is 6.14. The van der Waals surface area contributed by atoms with E-state index in [0.717, 1.165) is 5.69 Å². The summed E-state index contributed by atoms with van der Waals surface area (Å²) in [5, 5.41) is 2.95. The molecule has 1 N–H and O–H groups in total. The van der Waals surface area contributed by atoms with Gasteiger partial charge in [-0.15, -0.1) is 0 Å². The molecule has 0 aliphatic rings. The normalized spacial score (nSPS) is 11.7. The lowest BCUT2D eigenvalue weighted by Crippen LogP contribution is -2.27. The lowest BCUT2D eigenvalue weighted by molar-refractivity contribution is -0.123. The van der Waals surface area contributed by atoms with E-state index in [2.05, 4.69) is 32.2 Å². The van der Waals surface area contributed by atoms with Crippen molar-refractivity contribution in [2.75, 3.05) is 5.32 Å². The van der Waals surface area contributed by atoms with Gasteiger partial charge in [0.05, 0.1) is 0 Å². The average molecular weight is 233 g/mol. The zero-order chi connectivity index (χ0) is 13.2. The van der Waals surface area contributed by atoms with Gasteiger partial charge in [0.1, 0.15) is 0 Å². The third-order valence-corrected chi connectivity index (χ3v) is 2.83. The minimum absolute atomic E-state index is 0.0502. The monoisotopic (exact) mass is 233 g/mol. The minimum atomic E-state index is -0.357. The fourth-order valence-electron chi connectivity index (χ4n) is 1.72. The van der Waals surface area contributed by atoms with Gasteiger partial charge < -0.3 is 5.32 Å². The molecule has 0 aliphatic carbocycles. The standard InChI is InChI=1S/C15H23NO/c1-10(2)13-8-7-12(9-11(13)3)16-14(17)15(4,5)6/h7-10H,1-6H3,(H,16,17). The summed E-state index contributed by atoms with van der Waals surface area (Å²) in [6.07, 6.45) is 0. The number of hydrogen-bond donors (Lipinski definition) is 1. The van der Waals surface area contributed by atoms with Crippen molar-refractivity contribution < 1.29 is 4.79 Å². The third kappa shape index (κ3) is 3.58. The van der Waals surface area contributed by atoms with Gasteiger partial charge in [-0.1, -0.05) is 40.7 Å². The Morgan fingerprint density at radius 1 is 1.24 bits per heavy atom. The Morgan fingerprint density at radius 3 is 2.24 bits per heavy atom. The molecule has 94 valence electrons. The Morgan fingerprint density at radius 2 is 1.82 bits per heavy atom. The number of benzene rings is 1. The quantitative estimate of drug-likeness (QED) is 0.818. The van der Waals surface area contributed by atoms with Crippen molar-refractivity contribution in [1.29, 1.82) is 0 Å². The van der Waals surface area contributed by atoms with E-state index in [9.17, 15) is 4.79 Å². The second kappa shape index (κ2) is 4.91. The van der Waals surface area contributed by atoms with Gasteiger partial charge in [0, 0.05) is 11.1 Å². The number of aryl methyl sites for hydroxylation is 1. The molecule has 0 aromatic heterocycles. The second-order valence-corrected chi connectivity index (χ2v) is 5.93. The first-order chi connectivity index (χ1) is 7.71. The average Bonchev–Trinajstić information content (AvgIpc) is 2.15. The molecule has 0 bridgehead atoms. The van der Waals surface area contributed by atoms with Crippen molar-refractivity contribution in [2.24, 2.45) is 5.41 Å². The Hall–Kier alpha value is -1.31. The van der Waals surface area contributed by atoms with Crippen molar-refractivity contribution in [3.63, 3.8) is 0 Å². The summed E-state index contributed by atoms with van der Waals surface area (Å²) >= 11 is 0. The van der Waals surface area contributed by atoms with Crippen LogP contribution in [0.4, 0.5) is 5.69 Å². The first kappa shape index (κ1) is 13.8. The number of rotatable bonds is 2. The topological polar surface area (TPSA) is 29.1 Å². The van der Waals surface area contributed by atoms with Crippen LogP contribution in [0.3, 0.4) is 0 Å². The number of anilines is 1. The van der Waals surface area contributed by atoms with Crippen molar-refractivity contribution >= 4 is 11.6 Å². The summed E-state index contributed by atoms with van der Waals surface area (Å²) < 4.78 is 0. The maximum Gasteiger partial charge on any atom is 0.229 e. The molecule has 1 aromatic carbocycles. The fourth-order valence-corrected chi connectivity index (χ4v) is 1.72. The summed E-state index contributed by atoms with van der Waals surface area (Å²) in [5.74, 6) is 0.566. The molecule has 0 radical (unpaired) electrons. The number of amides is 1. The second-order valence-electron chi connectivity index (χ2n) is 5.93. The molecule has 0 saturated carbocycles. The fraction of sp³-hybridized carbons (Fsp3) is 0.533. The van der Waals surface area contributed by atoms with Gasteiger partial charge in [0.25, 0.3) is 0 Å². The van der Waals surface area contributed by atoms with E-state index in [1.807, 2.05) is 32.9 Å². The SMILES string of the molecule is Cc1cc(NC(=O)C(C)(C)C)ccc1C(C)C. The minimum Gasteiger partial charge on any atom is -0.326 e. The number of carbonyl (C=O) groups excluding carboxylic acids is 1. The molecule has 0 spiro atoms. The highest BCUT2D eigenvalue weighted by Crippen LogP contribution is 2.23. The van der Waals surface area contributed by atoms with E-state index in [4.69, 9.17) is 0 Å². The van der Waals surface area contributed by atoms with Gasteiger partial charge in [-0.3, -0.25) is 4.79 Å². The molecular weight excluding hydrogens is 210 g/mol. The van der Waals surface area contributed by atoms with Gasteiger partial charge >= 0.3 is 0 Å². The van der Waals surface area contributed by atoms with Crippen molar-refractivity contribution in [3.05, 3.63) is 29.3 Å². The highest BCUT2D eigenvalue weighted by Gasteiger charge is 2.21. The van der Waals surface area contributed by atoms with Crippen LogP contribution in [0.2, 0.25) is 0 Å². The van der Waals surface area contributed by atoms with Gasteiger partial charge in [0.2, 0.25) is 5.91 Å². The maximum atomic E-state index is 11.9. The smallest absolute Gasteiger partial charge is 0.229 e. The zero-order valence-electron chi connectivity index (χ0n) is 11.7. The summed E-state index contributed by atoms with van der Waals surface area (Å²) in [7, 11) is 0. The molecule has 2 nitrogen and oxygen atoms in total. The summed E-state index contributed by atoms with van der Waals surface area (Å²) in [5.41, 5.74) is 3.09. The Kier molecular flexibility index (Phi) is 3.97. The maximum absolute atomic E-state index is 11.9. The molecule has 1 amide bonds. The van der Waals surface area contributed by atoms with Crippen LogP contribution in [0.15, 0.2) is 18.2 Å². The van der Waals surface area contributed by atoms with Gasteiger partial charge in [0.15, 0.2) is 0 Å². The zero-order valence-corrected chi connectivity index (χ0v) is 11.7. The lowest BCUT2D eigenvalue weighted by atomic mass is 9.94. The van der Waals surface area contributed by atoms with Gasteiger partial charge in [-0.05, 0) is 36.1 Å². The molecule has 2 heteroatoms. The van der Waals surface area contributed by atoms with Crippen LogP contribution in [-0.2, 0) is 4.79 Å². The van der Waals surface area contributed by atoms with E-state index in [0.29, 0.717) is 5.92 Å². The van der Waals surface area contributed by atoms with Crippen LogP contribution in [-0.4, -0.2) is 5.91 Å². The highest BCUT2D eigenvalue weighted by molar-refractivity contribution is 5.94. The van der Waals surface area contributed by atoms with Crippen LogP contribution in [0.5, 0.6) is 0 Å². The molecule has 0 saturated heterocycles. The van der Waals surface area contributed by atoms with Gasteiger partial charge in [-0.2, -0.15) is 0 Å². The van der Waals surface area contributed by atoms with Crippen LogP contribution >= 0.6 is 0 Å². The van der Waals surface area contributed by atoms with E-state index in [1.54, 1.807) is 0 Å². The molecule has 1 rings (SSSR count).